The lowest BCUT2D eigenvalue weighted by Gasteiger charge is -2.14. The first-order valence-corrected chi connectivity index (χ1v) is 11.7. The molecule has 1 heterocycles. The first-order chi connectivity index (χ1) is 15.3. The maximum Gasteiger partial charge on any atom is 0.343 e. The predicted octanol–water partition coefficient (Wildman–Crippen LogP) is 4.79. The quantitative estimate of drug-likeness (QED) is 0.258. The number of imide groups is 1. The Hall–Kier alpha value is -2.53. The maximum atomic E-state index is 12.9. The normalized spacial score (nSPS) is 14.8. The lowest BCUT2D eigenvalue weighted by Crippen LogP contribution is -2.27. The Morgan fingerprint density at radius 2 is 1.88 bits per heavy atom. The smallest absolute Gasteiger partial charge is 0.343 e. The third kappa shape index (κ3) is 5.83. The Labute approximate surface area is 204 Å². The summed E-state index contributed by atoms with van der Waals surface area (Å²) in [6.07, 6.45) is 1.66. The first kappa shape index (κ1) is 24.1. The molecule has 0 spiro atoms. The molecule has 0 saturated carbocycles. The van der Waals surface area contributed by atoms with Gasteiger partial charge in [-0.25, -0.2) is 4.79 Å². The second-order valence-electron chi connectivity index (χ2n) is 6.88. The van der Waals surface area contributed by atoms with E-state index in [0.29, 0.717) is 32.1 Å². The van der Waals surface area contributed by atoms with Crippen molar-refractivity contribution in [2.24, 2.45) is 0 Å². The molecule has 7 nitrogen and oxygen atoms in total. The van der Waals surface area contributed by atoms with E-state index >= 15 is 0 Å². The topological polar surface area (TPSA) is 82.1 Å². The van der Waals surface area contributed by atoms with Crippen molar-refractivity contribution in [3.05, 3.63) is 61.6 Å². The van der Waals surface area contributed by atoms with Crippen molar-refractivity contribution in [1.82, 2.24) is 4.90 Å². The van der Waals surface area contributed by atoms with Gasteiger partial charge in [-0.15, -0.1) is 0 Å². The van der Waals surface area contributed by atoms with E-state index in [-0.39, 0.29) is 24.3 Å². The zero-order chi connectivity index (χ0) is 23.3. The van der Waals surface area contributed by atoms with Gasteiger partial charge in [-0.2, -0.15) is 0 Å². The van der Waals surface area contributed by atoms with Crippen molar-refractivity contribution in [2.75, 3.05) is 20.3 Å². The molecule has 2 aromatic rings. The third-order valence-electron chi connectivity index (χ3n) is 4.53. The van der Waals surface area contributed by atoms with E-state index in [4.69, 9.17) is 9.47 Å². The highest BCUT2D eigenvalue weighted by Crippen LogP contribution is 2.38. The summed E-state index contributed by atoms with van der Waals surface area (Å²) in [5.74, 6) is 0.0186. The van der Waals surface area contributed by atoms with Crippen LogP contribution in [-0.2, 0) is 20.9 Å². The zero-order valence-corrected chi connectivity index (χ0v) is 20.8. The van der Waals surface area contributed by atoms with Crippen LogP contribution in [0.2, 0.25) is 0 Å². The number of carbonyl (C=O) groups excluding carboxylic acids is 3. The molecule has 1 aliphatic rings. The molecule has 2 aromatic carbocycles. The monoisotopic (exact) mass is 567 g/mol. The first-order valence-electron chi connectivity index (χ1n) is 9.79. The second kappa shape index (κ2) is 10.9. The number of rotatable bonds is 8. The van der Waals surface area contributed by atoms with Crippen LogP contribution in [0, 0.1) is 10.5 Å². The van der Waals surface area contributed by atoms with E-state index < -0.39 is 5.97 Å². The van der Waals surface area contributed by atoms with Crippen LogP contribution >= 0.6 is 34.4 Å². The summed E-state index contributed by atoms with van der Waals surface area (Å²) in [5.41, 5.74) is 2.69. The fraction of sp³-hybridized carbons (Fsp3) is 0.261. The summed E-state index contributed by atoms with van der Waals surface area (Å²) >= 11 is 2.98. The molecule has 0 aliphatic carbocycles. The van der Waals surface area contributed by atoms with E-state index in [1.807, 2.05) is 38.1 Å². The van der Waals surface area contributed by atoms with Crippen LogP contribution in [0.15, 0.2) is 41.3 Å². The maximum absolute atomic E-state index is 12.9. The SMILES string of the molecule is CCOc1cc(/C=C2/SC(=O)N(Cc3ccc(C)cc3)C2=O)cc(I)c1OCC(=O)OC. The number of thioether (sulfide) groups is 1. The van der Waals surface area contributed by atoms with Crippen LogP contribution < -0.4 is 9.47 Å². The molecule has 0 unspecified atom stereocenters. The van der Waals surface area contributed by atoms with Gasteiger partial charge in [0.25, 0.3) is 11.1 Å². The van der Waals surface area contributed by atoms with Crippen molar-refractivity contribution in [1.29, 1.82) is 0 Å². The molecule has 1 fully saturated rings. The Balaban J connectivity index is 1.83. The van der Waals surface area contributed by atoms with E-state index in [9.17, 15) is 14.4 Å². The Morgan fingerprint density at radius 1 is 1.16 bits per heavy atom. The number of carbonyl (C=O) groups is 3. The predicted molar refractivity (Wildman–Crippen MR) is 131 cm³/mol. The number of aryl methyl sites for hydroxylation is 1. The van der Waals surface area contributed by atoms with E-state index in [0.717, 1.165) is 22.9 Å². The van der Waals surface area contributed by atoms with Gasteiger partial charge in [-0.1, -0.05) is 29.8 Å². The summed E-state index contributed by atoms with van der Waals surface area (Å²) in [7, 11) is 1.29. The number of nitrogens with zero attached hydrogens (tertiary/aromatic N) is 1. The van der Waals surface area contributed by atoms with Crippen molar-refractivity contribution in [3.63, 3.8) is 0 Å². The molecule has 0 N–H and O–H groups in total. The number of hydrogen-bond donors (Lipinski definition) is 0. The molecule has 0 atom stereocenters. The van der Waals surface area contributed by atoms with E-state index in [2.05, 4.69) is 27.3 Å². The fourth-order valence-electron chi connectivity index (χ4n) is 2.93. The summed E-state index contributed by atoms with van der Waals surface area (Å²) in [4.78, 5) is 38.3. The Kier molecular flexibility index (Phi) is 8.19. The number of amides is 2. The highest BCUT2D eigenvalue weighted by atomic mass is 127. The molecular weight excluding hydrogens is 545 g/mol. The molecule has 0 aromatic heterocycles. The Bertz CT molecular complexity index is 1070. The number of esters is 1. The summed E-state index contributed by atoms with van der Waals surface area (Å²) in [5, 5.41) is -0.306. The van der Waals surface area contributed by atoms with Gasteiger partial charge in [0.15, 0.2) is 18.1 Å². The largest absolute Gasteiger partial charge is 0.490 e. The van der Waals surface area contributed by atoms with Crippen LogP contribution in [0.3, 0.4) is 0 Å². The molecular formula is C23H22INO6S. The number of ether oxygens (including phenoxy) is 3. The summed E-state index contributed by atoms with van der Waals surface area (Å²) < 4.78 is 16.5. The summed E-state index contributed by atoms with van der Waals surface area (Å²) in [6, 6.07) is 11.2. The molecule has 1 aliphatic heterocycles. The van der Waals surface area contributed by atoms with Crippen LogP contribution in [0.5, 0.6) is 11.5 Å². The third-order valence-corrected chi connectivity index (χ3v) is 6.24. The average molecular weight is 567 g/mol. The van der Waals surface area contributed by atoms with Crippen molar-refractivity contribution in [2.45, 2.75) is 20.4 Å². The number of halogens is 1. The molecule has 9 heteroatoms. The van der Waals surface area contributed by atoms with Gasteiger partial charge < -0.3 is 14.2 Å². The van der Waals surface area contributed by atoms with Crippen molar-refractivity contribution < 1.29 is 28.6 Å². The van der Waals surface area contributed by atoms with Gasteiger partial charge in [0.05, 0.1) is 28.7 Å². The van der Waals surface area contributed by atoms with Gasteiger partial charge in [-0.05, 0) is 77.5 Å². The van der Waals surface area contributed by atoms with E-state index in [1.165, 1.54) is 12.0 Å². The zero-order valence-electron chi connectivity index (χ0n) is 17.8. The van der Waals surface area contributed by atoms with Gasteiger partial charge in [-0.3, -0.25) is 14.5 Å². The number of hydrogen-bond acceptors (Lipinski definition) is 7. The number of methoxy groups -OCH3 is 1. The molecule has 168 valence electrons. The van der Waals surface area contributed by atoms with Crippen LogP contribution in [0.1, 0.15) is 23.6 Å². The van der Waals surface area contributed by atoms with Crippen LogP contribution in [-0.4, -0.2) is 42.3 Å². The standard InChI is InChI=1S/C23H22INO6S/c1-4-30-18-10-16(9-17(24)21(18)31-13-20(26)29-3)11-19-22(27)25(23(28)32-19)12-15-7-5-14(2)6-8-15/h5-11H,4,12-13H2,1-3H3/b19-11+. The molecule has 32 heavy (non-hydrogen) atoms. The molecule has 0 radical (unpaired) electrons. The lowest BCUT2D eigenvalue weighted by molar-refractivity contribution is -0.143. The highest BCUT2D eigenvalue weighted by Gasteiger charge is 2.35. The molecule has 1 saturated heterocycles. The molecule has 3 rings (SSSR count). The second-order valence-corrected chi connectivity index (χ2v) is 9.04. The molecule has 2 amide bonds. The van der Waals surface area contributed by atoms with Crippen LogP contribution in [0.4, 0.5) is 4.79 Å². The van der Waals surface area contributed by atoms with Gasteiger partial charge >= 0.3 is 5.97 Å². The van der Waals surface area contributed by atoms with Gasteiger partial charge in [0.1, 0.15) is 0 Å². The minimum atomic E-state index is -0.505. The van der Waals surface area contributed by atoms with Crippen molar-refractivity contribution >= 4 is 57.5 Å². The van der Waals surface area contributed by atoms with Gasteiger partial charge in [0, 0.05) is 0 Å². The average Bonchev–Trinajstić information content (AvgIpc) is 3.02. The summed E-state index contributed by atoms with van der Waals surface area (Å²) in [6.45, 7) is 4.19. The minimum absolute atomic E-state index is 0.227. The Morgan fingerprint density at radius 3 is 2.53 bits per heavy atom. The number of benzene rings is 2. The molecule has 0 bridgehead atoms. The fourth-order valence-corrected chi connectivity index (χ4v) is 4.55. The highest BCUT2D eigenvalue weighted by molar-refractivity contribution is 14.1. The lowest BCUT2D eigenvalue weighted by atomic mass is 10.1. The van der Waals surface area contributed by atoms with Crippen molar-refractivity contribution in [3.8, 4) is 11.5 Å². The van der Waals surface area contributed by atoms with Gasteiger partial charge in [0.2, 0.25) is 0 Å². The van der Waals surface area contributed by atoms with E-state index in [1.54, 1.807) is 18.2 Å². The van der Waals surface area contributed by atoms with Crippen LogP contribution in [0.25, 0.3) is 6.08 Å². The minimum Gasteiger partial charge on any atom is -0.490 e.